The normalized spacial score (nSPS) is 24.9. The van der Waals surface area contributed by atoms with E-state index < -0.39 is 0 Å². The van der Waals surface area contributed by atoms with Crippen molar-refractivity contribution in [2.24, 2.45) is 17.8 Å². The molecule has 0 spiro atoms. The maximum Gasteiger partial charge on any atom is 0.240 e. The Morgan fingerprint density at radius 2 is 1.78 bits per heavy atom. The Labute approximate surface area is 112 Å². The van der Waals surface area contributed by atoms with E-state index in [9.17, 15) is 4.79 Å². The van der Waals surface area contributed by atoms with Gasteiger partial charge in [0.1, 0.15) is 0 Å². The molecule has 1 aliphatic heterocycles. The van der Waals surface area contributed by atoms with Crippen molar-refractivity contribution in [3.63, 3.8) is 0 Å². The van der Waals surface area contributed by atoms with Gasteiger partial charge in [-0.25, -0.2) is 0 Å². The topological polar surface area (TPSA) is 32.3 Å². The second kappa shape index (κ2) is 6.55. The standard InChI is InChI=1S/C15H30N2O/c1-7-8-14-16-12(6)15(18)17(14)9-13(10(2)3)11(4)5/h10-14,16H,7-9H2,1-6H3. The van der Waals surface area contributed by atoms with Crippen LogP contribution < -0.4 is 5.32 Å². The molecular weight excluding hydrogens is 224 g/mol. The zero-order valence-corrected chi connectivity index (χ0v) is 12.9. The third-order valence-electron chi connectivity index (χ3n) is 4.15. The van der Waals surface area contributed by atoms with E-state index in [0.29, 0.717) is 17.8 Å². The van der Waals surface area contributed by atoms with E-state index in [4.69, 9.17) is 0 Å². The molecule has 0 aliphatic carbocycles. The molecule has 0 aromatic heterocycles. The van der Waals surface area contributed by atoms with Crippen LogP contribution in [0.25, 0.3) is 0 Å². The Bertz CT molecular complexity index is 268. The van der Waals surface area contributed by atoms with Gasteiger partial charge < -0.3 is 4.90 Å². The van der Waals surface area contributed by atoms with Crippen LogP contribution in [0.4, 0.5) is 0 Å². The lowest BCUT2D eigenvalue weighted by atomic mass is 9.85. The molecule has 1 aliphatic rings. The first-order valence-electron chi connectivity index (χ1n) is 7.45. The largest absolute Gasteiger partial charge is 0.326 e. The quantitative estimate of drug-likeness (QED) is 0.790. The molecule has 0 aromatic carbocycles. The SMILES string of the molecule is CCCC1NC(C)C(=O)N1CC(C(C)C)C(C)C. The summed E-state index contributed by atoms with van der Waals surface area (Å²) in [5.41, 5.74) is 0. The van der Waals surface area contributed by atoms with Crippen molar-refractivity contribution in [3.8, 4) is 0 Å². The number of nitrogens with zero attached hydrogens (tertiary/aromatic N) is 1. The summed E-state index contributed by atoms with van der Waals surface area (Å²) in [4.78, 5) is 14.3. The van der Waals surface area contributed by atoms with Gasteiger partial charge in [-0.15, -0.1) is 0 Å². The van der Waals surface area contributed by atoms with Crippen molar-refractivity contribution >= 4 is 5.91 Å². The third kappa shape index (κ3) is 3.47. The summed E-state index contributed by atoms with van der Waals surface area (Å²) in [5, 5.41) is 3.41. The molecule has 1 fully saturated rings. The fourth-order valence-electron chi connectivity index (χ4n) is 3.00. The van der Waals surface area contributed by atoms with Gasteiger partial charge in [-0.3, -0.25) is 10.1 Å². The first-order chi connectivity index (χ1) is 8.38. The first-order valence-corrected chi connectivity index (χ1v) is 7.45. The molecule has 0 radical (unpaired) electrons. The molecular formula is C15H30N2O. The molecule has 1 N–H and O–H groups in total. The average Bonchev–Trinajstić information content (AvgIpc) is 2.52. The molecule has 3 heteroatoms. The highest BCUT2D eigenvalue weighted by molar-refractivity contribution is 5.83. The number of nitrogens with one attached hydrogen (secondary N) is 1. The van der Waals surface area contributed by atoms with Crippen LogP contribution in [0.5, 0.6) is 0 Å². The van der Waals surface area contributed by atoms with Crippen molar-refractivity contribution in [2.75, 3.05) is 6.54 Å². The minimum absolute atomic E-state index is 0.0125. The zero-order chi connectivity index (χ0) is 13.9. The molecule has 0 bridgehead atoms. The molecule has 0 saturated carbocycles. The smallest absolute Gasteiger partial charge is 0.240 e. The summed E-state index contributed by atoms with van der Waals surface area (Å²) in [6.07, 6.45) is 2.42. The molecule has 2 unspecified atom stereocenters. The maximum atomic E-state index is 12.2. The highest BCUT2D eigenvalue weighted by Crippen LogP contribution is 2.25. The second-order valence-corrected chi connectivity index (χ2v) is 6.34. The molecule has 1 rings (SSSR count). The van der Waals surface area contributed by atoms with Crippen molar-refractivity contribution in [1.82, 2.24) is 10.2 Å². The monoisotopic (exact) mass is 254 g/mol. The van der Waals surface area contributed by atoms with E-state index in [1.165, 1.54) is 0 Å². The van der Waals surface area contributed by atoms with Crippen molar-refractivity contribution < 1.29 is 4.79 Å². The molecule has 2 atom stereocenters. The Morgan fingerprint density at radius 3 is 2.22 bits per heavy atom. The number of hydrogen-bond donors (Lipinski definition) is 1. The lowest BCUT2D eigenvalue weighted by Gasteiger charge is -2.32. The summed E-state index contributed by atoms with van der Waals surface area (Å²) in [5.74, 6) is 2.10. The average molecular weight is 254 g/mol. The summed E-state index contributed by atoms with van der Waals surface area (Å²) in [7, 11) is 0. The Morgan fingerprint density at radius 1 is 1.22 bits per heavy atom. The lowest BCUT2D eigenvalue weighted by molar-refractivity contribution is -0.130. The molecule has 1 saturated heterocycles. The molecule has 18 heavy (non-hydrogen) atoms. The molecule has 0 aromatic rings. The number of hydrogen-bond acceptors (Lipinski definition) is 2. The van der Waals surface area contributed by atoms with Crippen LogP contribution in [0.3, 0.4) is 0 Å². The first kappa shape index (κ1) is 15.5. The third-order valence-corrected chi connectivity index (χ3v) is 4.15. The van der Waals surface area contributed by atoms with Crippen LogP contribution in [0.2, 0.25) is 0 Å². The summed E-state index contributed by atoms with van der Waals surface area (Å²) >= 11 is 0. The number of carbonyl (C=O) groups is 1. The van der Waals surface area contributed by atoms with Crippen LogP contribution in [-0.2, 0) is 4.79 Å². The second-order valence-electron chi connectivity index (χ2n) is 6.34. The Balaban J connectivity index is 2.74. The highest BCUT2D eigenvalue weighted by Gasteiger charge is 2.37. The van der Waals surface area contributed by atoms with E-state index in [1.807, 2.05) is 6.92 Å². The highest BCUT2D eigenvalue weighted by atomic mass is 16.2. The van der Waals surface area contributed by atoms with Crippen LogP contribution >= 0.6 is 0 Å². The van der Waals surface area contributed by atoms with Gasteiger partial charge >= 0.3 is 0 Å². The van der Waals surface area contributed by atoms with Crippen LogP contribution in [0.1, 0.15) is 54.4 Å². The van der Waals surface area contributed by atoms with E-state index in [1.54, 1.807) is 0 Å². The molecule has 1 heterocycles. The van der Waals surface area contributed by atoms with Crippen molar-refractivity contribution in [3.05, 3.63) is 0 Å². The van der Waals surface area contributed by atoms with Gasteiger partial charge in [-0.2, -0.15) is 0 Å². The van der Waals surface area contributed by atoms with Crippen molar-refractivity contribution in [2.45, 2.75) is 66.6 Å². The van der Waals surface area contributed by atoms with Gasteiger partial charge in [0, 0.05) is 6.54 Å². The van der Waals surface area contributed by atoms with Gasteiger partial charge in [0.05, 0.1) is 12.2 Å². The van der Waals surface area contributed by atoms with Gasteiger partial charge in [0.15, 0.2) is 0 Å². The number of amides is 1. The minimum Gasteiger partial charge on any atom is -0.326 e. The zero-order valence-electron chi connectivity index (χ0n) is 12.9. The van der Waals surface area contributed by atoms with Crippen molar-refractivity contribution in [1.29, 1.82) is 0 Å². The van der Waals surface area contributed by atoms with E-state index in [2.05, 4.69) is 44.8 Å². The van der Waals surface area contributed by atoms with Crippen LogP contribution in [0.15, 0.2) is 0 Å². The van der Waals surface area contributed by atoms with Gasteiger partial charge in [-0.1, -0.05) is 41.0 Å². The van der Waals surface area contributed by atoms with Crippen LogP contribution in [0, 0.1) is 17.8 Å². The van der Waals surface area contributed by atoms with E-state index >= 15 is 0 Å². The van der Waals surface area contributed by atoms with Gasteiger partial charge in [0.2, 0.25) is 5.91 Å². The lowest BCUT2D eigenvalue weighted by Crippen LogP contribution is -2.42. The predicted octanol–water partition coefficient (Wildman–Crippen LogP) is 2.86. The number of rotatable bonds is 6. The van der Waals surface area contributed by atoms with Crippen LogP contribution in [-0.4, -0.2) is 29.6 Å². The number of carbonyl (C=O) groups excluding carboxylic acids is 1. The minimum atomic E-state index is -0.0125. The fraction of sp³-hybridized carbons (Fsp3) is 0.933. The summed E-state index contributed by atoms with van der Waals surface area (Å²) in [6, 6.07) is -0.0125. The van der Waals surface area contributed by atoms with E-state index in [0.717, 1.165) is 19.4 Å². The molecule has 3 nitrogen and oxygen atoms in total. The fourth-order valence-corrected chi connectivity index (χ4v) is 3.00. The van der Waals surface area contributed by atoms with Gasteiger partial charge in [-0.05, 0) is 31.1 Å². The summed E-state index contributed by atoms with van der Waals surface area (Å²) in [6.45, 7) is 14.1. The van der Waals surface area contributed by atoms with E-state index in [-0.39, 0.29) is 18.1 Å². The maximum absolute atomic E-state index is 12.2. The Kier molecular flexibility index (Phi) is 5.64. The predicted molar refractivity (Wildman–Crippen MR) is 76.2 cm³/mol. The summed E-state index contributed by atoms with van der Waals surface area (Å²) < 4.78 is 0. The molecule has 1 amide bonds. The van der Waals surface area contributed by atoms with Gasteiger partial charge in [0.25, 0.3) is 0 Å². The Hall–Kier alpha value is -0.570. The molecule has 106 valence electrons.